The summed E-state index contributed by atoms with van der Waals surface area (Å²) in [5.74, 6) is -2.31. The fraction of sp³-hybridized carbons (Fsp3) is 0.400. The zero-order valence-electron chi connectivity index (χ0n) is 20.7. The van der Waals surface area contributed by atoms with Gasteiger partial charge in [0.15, 0.2) is 5.96 Å². The molecule has 1 fully saturated rings. The number of piperidine rings is 1. The lowest BCUT2D eigenvalue weighted by atomic mass is 10.0. The number of carboxylic acids is 1. The lowest BCUT2D eigenvalue weighted by Gasteiger charge is -2.36. The molecule has 1 saturated heterocycles. The van der Waals surface area contributed by atoms with Crippen LogP contribution in [0.2, 0.25) is 0 Å². The number of benzene rings is 2. The van der Waals surface area contributed by atoms with E-state index in [1.165, 1.54) is 36.4 Å². The number of sulfonamides is 1. The molecule has 0 saturated carbocycles. The molecular weight excluding hydrogens is 515 g/mol. The van der Waals surface area contributed by atoms with Crippen LogP contribution in [-0.4, -0.2) is 76.2 Å². The topological polar surface area (TPSA) is 152 Å². The first-order chi connectivity index (χ1) is 18.2. The van der Waals surface area contributed by atoms with Gasteiger partial charge in [0, 0.05) is 44.5 Å². The van der Waals surface area contributed by atoms with E-state index in [9.17, 15) is 27.5 Å². The van der Waals surface area contributed by atoms with Crippen LogP contribution in [-0.2, 0) is 14.8 Å². The number of carbonyl (C=O) groups excluding carboxylic acids is 1. The summed E-state index contributed by atoms with van der Waals surface area (Å²) in [6.07, 6.45) is 2.87. The predicted octanol–water partition coefficient (Wildman–Crippen LogP) is 0.895. The first kappa shape index (κ1) is 27.3. The van der Waals surface area contributed by atoms with E-state index in [-0.39, 0.29) is 16.5 Å². The first-order valence-corrected chi connectivity index (χ1v) is 13.9. The van der Waals surface area contributed by atoms with Gasteiger partial charge in [0.25, 0.3) is 5.91 Å². The third-order valence-corrected chi connectivity index (χ3v) is 7.83. The summed E-state index contributed by atoms with van der Waals surface area (Å²) in [4.78, 5) is 30.6. The highest BCUT2D eigenvalue weighted by atomic mass is 32.2. The maximum atomic E-state index is 14.9. The van der Waals surface area contributed by atoms with Crippen molar-refractivity contribution >= 4 is 33.5 Å². The fourth-order valence-corrected chi connectivity index (χ4v) is 5.57. The van der Waals surface area contributed by atoms with E-state index in [0.29, 0.717) is 12.2 Å². The largest absolute Gasteiger partial charge is 0.480 e. The molecule has 0 aromatic heterocycles. The molecule has 0 bridgehead atoms. The molecule has 38 heavy (non-hydrogen) atoms. The van der Waals surface area contributed by atoms with Gasteiger partial charge in [-0.15, -0.1) is 0 Å². The highest BCUT2D eigenvalue weighted by molar-refractivity contribution is 7.89. The van der Waals surface area contributed by atoms with Crippen LogP contribution in [0.15, 0.2) is 58.4 Å². The van der Waals surface area contributed by atoms with Crippen molar-refractivity contribution in [2.45, 2.75) is 36.2 Å². The number of anilines is 1. The number of hydrogen-bond donors (Lipinski definition) is 5. The number of nitrogens with zero attached hydrogens (tertiary/aromatic N) is 2. The number of carbonyl (C=O) groups is 2. The molecule has 13 heteroatoms. The second-order valence-corrected chi connectivity index (χ2v) is 10.9. The van der Waals surface area contributed by atoms with Crippen LogP contribution >= 0.6 is 0 Å². The summed E-state index contributed by atoms with van der Waals surface area (Å²) in [7, 11) is -4.14. The van der Waals surface area contributed by atoms with Gasteiger partial charge in [-0.3, -0.25) is 14.6 Å². The van der Waals surface area contributed by atoms with Crippen molar-refractivity contribution in [3.05, 3.63) is 59.9 Å². The molecule has 2 atom stereocenters. The minimum atomic E-state index is -4.14. The summed E-state index contributed by atoms with van der Waals surface area (Å²) >= 11 is 0. The normalized spacial score (nSPS) is 18.6. The van der Waals surface area contributed by atoms with E-state index in [2.05, 4.69) is 25.7 Å². The molecule has 0 radical (unpaired) electrons. The average Bonchev–Trinajstić information content (AvgIpc) is 2.92. The lowest BCUT2D eigenvalue weighted by molar-refractivity contribution is -0.138. The Morgan fingerprint density at radius 2 is 1.97 bits per heavy atom. The maximum absolute atomic E-state index is 14.9. The van der Waals surface area contributed by atoms with Crippen molar-refractivity contribution in [3.8, 4) is 0 Å². The summed E-state index contributed by atoms with van der Waals surface area (Å²) in [6.45, 7) is 2.48. The van der Waals surface area contributed by atoms with Crippen molar-refractivity contribution in [1.82, 2.24) is 20.7 Å². The average molecular weight is 547 g/mol. The zero-order chi connectivity index (χ0) is 27.1. The number of carboxylic acid groups (broad SMARTS) is 1. The third kappa shape index (κ3) is 6.98. The van der Waals surface area contributed by atoms with Gasteiger partial charge in [0.05, 0.1) is 10.5 Å². The molecule has 2 aliphatic heterocycles. The standard InChI is InChI=1S/C25H31FN6O5S/c26-21-14-18(32-13-4-6-17(16-32)30-25-27-11-5-12-28-25)9-10-20(21)23(33)29-15-22(24(34)35)31-38(36,37)19-7-2-1-3-8-19/h1-3,7-10,14,17,22,31H,4-6,11-13,15-16H2,(H,29,33)(H,34,35)(H2,27,28,30). The van der Waals surface area contributed by atoms with Crippen LogP contribution in [0.1, 0.15) is 29.6 Å². The van der Waals surface area contributed by atoms with Crippen LogP contribution in [0.5, 0.6) is 0 Å². The number of rotatable bonds is 9. The smallest absolute Gasteiger partial charge is 0.323 e. The Morgan fingerprint density at radius 1 is 1.18 bits per heavy atom. The quantitative estimate of drug-likeness (QED) is 0.311. The van der Waals surface area contributed by atoms with Crippen LogP contribution in [0, 0.1) is 5.82 Å². The van der Waals surface area contributed by atoms with Gasteiger partial charge in [0.1, 0.15) is 11.9 Å². The second-order valence-electron chi connectivity index (χ2n) is 9.14. The predicted molar refractivity (Wildman–Crippen MR) is 140 cm³/mol. The zero-order valence-corrected chi connectivity index (χ0v) is 21.5. The number of guanidine groups is 1. The number of halogens is 1. The van der Waals surface area contributed by atoms with Crippen LogP contribution in [0.25, 0.3) is 0 Å². The van der Waals surface area contributed by atoms with E-state index >= 15 is 0 Å². The van der Waals surface area contributed by atoms with E-state index < -0.39 is 40.3 Å². The fourth-order valence-electron chi connectivity index (χ4n) is 4.36. The van der Waals surface area contributed by atoms with E-state index in [4.69, 9.17) is 0 Å². The maximum Gasteiger partial charge on any atom is 0.323 e. The van der Waals surface area contributed by atoms with Crippen LogP contribution in [0.3, 0.4) is 0 Å². The molecular formula is C25H31FN6O5S. The van der Waals surface area contributed by atoms with Gasteiger partial charge in [-0.2, -0.15) is 4.72 Å². The Labute approximate surface area is 220 Å². The summed E-state index contributed by atoms with van der Waals surface area (Å²) in [5, 5.41) is 18.4. The molecule has 2 unspecified atom stereocenters. The number of amides is 1. The molecule has 1 amide bonds. The van der Waals surface area contributed by atoms with Gasteiger partial charge in [-0.05, 0) is 49.6 Å². The van der Waals surface area contributed by atoms with Crippen molar-refractivity contribution in [2.75, 3.05) is 37.6 Å². The molecule has 2 heterocycles. The minimum Gasteiger partial charge on any atom is -0.480 e. The molecule has 5 N–H and O–H groups in total. The van der Waals surface area contributed by atoms with Gasteiger partial charge in [-0.1, -0.05) is 18.2 Å². The molecule has 2 aliphatic rings. The summed E-state index contributed by atoms with van der Waals surface area (Å²) in [5.41, 5.74) is 0.361. The molecule has 11 nitrogen and oxygen atoms in total. The molecule has 2 aromatic rings. The van der Waals surface area contributed by atoms with Crippen LogP contribution < -0.4 is 25.6 Å². The lowest BCUT2D eigenvalue weighted by Crippen LogP contribution is -2.52. The highest BCUT2D eigenvalue weighted by Crippen LogP contribution is 2.23. The van der Waals surface area contributed by atoms with Crippen LogP contribution in [0.4, 0.5) is 10.1 Å². The molecule has 4 rings (SSSR count). The van der Waals surface area contributed by atoms with E-state index in [0.717, 1.165) is 44.9 Å². The minimum absolute atomic E-state index is 0.114. The highest BCUT2D eigenvalue weighted by Gasteiger charge is 2.27. The number of aliphatic imine (C=N–C) groups is 1. The van der Waals surface area contributed by atoms with Gasteiger partial charge < -0.3 is 26.0 Å². The van der Waals surface area contributed by atoms with Crippen molar-refractivity contribution in [2.24, 2.45) is 4.99 Å². The molecule has 0 spiro atoms. The Bertz CT molecular complexity index is 1290. The van der Waals surface area contributed by atoms with Crippen molar-refractivity contribution < 1.29 is 27.5 Å². The van der Waals surface area contributed by atoms with Crippen molar-refractivity contribution in [3.63, 3.8) is 0 Å². The van der Waals surface area contributed by atoms with Gasteiger partial charge >= 0.3 is 5.97 Å². The Balaban J connectivity index is 1.36. The molecule has 0 aliphatic carbocycles. The summed E-state index contributed by atoms with van der Waals surface area (Å²) in [6, 6.07) is 10.0. The first-order valence-electron chi connectivity index (χ1n) is 12.4. The molecule has 2 aromatic carbocycles. The molecule has 204 valence electrons. The Kier molecular flexibility index (Phi) is 8.79. The van der Waals surface area contributed by atoms with E-state index in [1.807, 2.05) is 4.90 Å². The van der Waals surface area contributed by atoms with Gasteiger partial charge in [0.2, 0.25) is 10.0 Å². The number of nitrogens with one attached hydrogen (secondary N) is 4. The van der Waals surface area contributed by atoms with Gasteiger partial charge in [-0.25, -0.2) is 12.8 Å². The number of hydrogen-bond acceptors (Lipinski definition) is 8. The second kappa shape index (κ2) is 12.2. The third-order valence-electron chi connectivity index (χ3n) is 6.34. The Morgan fingerprint density at radius 3 is 2.66 bits per heavy atom. The SMILES string of the molecule is O=C(NCC(NS(=O)(=O)c1ccccc1)C(=O)O)c1ccc(N2CCCC(NC3=NCCCN3)C2)cc1F. The van der Waals surface area contributed by atoms with Crippen molar-refractivity contribution in [1.29, 1.82) is 0 Å². The summed E-state index contributed by atoms with van der Waals surface area (Å²) < 4.78 is 41.9. The van der Waals surface area contributed by atoms with E-state index in [1.54, 1.807) is 12.1 Å². The number of aliphatic carboxylic acids is 1. The Hall–Kier alpha value is -3.71. The monoisotopic (exact) mass is 546 g/mol.